The van der Waals surface area contributed by atoms with E-state index in [0.717, 1.165) is 5.39 Å². The number of fused-ring (bicyclic) bond motifs is 1. The number of benzene rings is 3. The molecule has 1 fully saturated rings. The lowest BCUT2D eigenvalue weighted by Crippen LogP contribution is -2.48. The van der Waals surface area contributed by atoms with Gasteiger partial charge in [0.05, 0.1) is 5.52 Å². The van der Waals surface area contributed by atoms with Crippen LogP contribution >= 0.6 is 0 Å². The molecule has 3 aromatic carbocycles. The number of rotatable bonds is 6. The minimum absolute atomic E-state index is 0.0917. The molecule has 0 bridgehead atoms. The van der Waals surface area contributed by atoms with Gasteiger partial charge >= 0.3 is 0 Å². The van der Waals surface area contributed by atoms with Crippen molar-refractivity contribution in [2.75, 3.05) is 30.9 Å². The van der Waals surface area contributed by atoms with Gasteiger partial charge in [-0.15, -0.1) is 0 Å². The SMILES string of the molecule is O=C(c1ccc(NS(=O)(=O)c2cccc3cccnc23)cc1)N1CCN(Cc2ccccc2F)CC1. The van der Waals surface area contributed by atoms with Crippen LogP contribution in [0.5, 0.6) is 0 Å². The standard InChI is InChI=1S/C27H25FN4O3S/c28-24-8-2-1-5-22(24)19-31-15-17-32(18-16-31)27(33)21-10-12-23(13-11-21)30-36(34,35)25-9-3-6-20-7-4-14-29-26(20)25/h1-14,30H,15-19H2. The molecule has 36 heavy (non-hydrogen) atoms. The van der Waals surface area contributed by atoms with Crippen LogP contribution in [0.25, 0.3) is 10.9 Å². The number of piperazine rings is 1. The quantitative estimate of drug-likeness (QED) is 0.427. The van der Waals surface area contributed by atoms with Gasteiger partial charge < -0.3 is 4.90 Å². The molecular weight excluding hydrogens is 479 g/mol. The summed E-state index contributed by atoms with van der Waals surface area (Å²) in [6, 6.07) is 21.7. The van der Waals surface area contributed by atoms with E-state index in [1.807, 2.05) is 18.2 Å². The van der Waals surface area contributed by atoms with Crippen LogP contribution in [0.2, 0.25) is 0 Å². The van der Waals surface area contributed by atoms with Crippen LogP contribution in [0.15, 0.2) is 90.0 Å². The van der Waals surface area contributed by atoms with E-state index in [1.165, 1.54) is 12.1 Å². The van der Waals surface area contributed by atoms with Gasteiger partial charge in [0.1, 0.15) is 10.7 Å². The van der Waals surface area contributed by atoms with Crippen molar-refractivity contribution in [1.29, 1.82) is 0 Å². The van der Waals surface area contributed by atoms with Crippen LogP contribution in [0.1, 0.15) is 15.9 Å². The highest BCUT2D eigenvalue weighted by Gasteiger charge is 2.23. The van der Waals surface area contributed by atoms with Crippen molar-refractivity contribution in [3.05, 3.63) is 102 Å². The number of aromatic nitrogens is 1. The molecule has 184 valence electrons. The Balaban J connectivity index is 1.22. The zero-order chi connectivity index (χ0) is 25.1. The highest BCUT2D eigenvalue weighted by Crippen LogP contribution is 2.24. The molecule has 9 heteroatoms. The number of hydrogen-bond donors (Lipinski definition) is 1. The predicted octanol–water partition coefficient (Wildman–Crippen LogP) is 4.13. The van der Waals surface area contributed by atoms with E-state index < -0.39 is 10.0 Å². The minimum atomic E-state index is -3.87. The molecule has 1 aliphatic rings. The average molecular weight is 505 g/mol. The van der Waals surface area contributed by atoms with E-state index in [2.05, 4.69) is 14.6 Å². The van der Waals surface area contributed by atoms with Crippen LogP contribution in [-0.4, -0.2) is 55.3 Å². The summed E-state index contributed by atoms with van der Waals surface area (Å²) in [6.45, 7) is 2.88. The Morgan fingerprint density at radius 1 is 0.889 bits per heavy atom. The lowest BCUT2D eigenvalue weighted by molar-refractivity contribution is 0.0627. The smallest absolute Gasteiger partial charge is 0.264 e. The van der Waals surface area contributed by atoms with Gasteiger partial charge in [0, 0.05) is 61.1 Å². The first-order valence-corrected chi connectivity index (χ1v) is 13.1. The number of hydrogen-bond acceptors (Lipinski definition) is 5. The van der Waals surface area contributed by atoms with Gasteiger partial charge in [-0.2, -0.15) is 0 Å². The topological polar surface area (TPSA) is 82.6 Å². The summed E-state index contributed by atoms with van der Waals surface area (Å²) in [7, 11) is -3.87. The van der Waals surface area contributed by atoms with Gasteiger partial charge in [0.2, 0.25) is 0 Å². The molecule has 0 spiro atoms. The van der Waals surface area contributed by atoms with Crippen LogP contribution in [0.3, 0.4) is 0 Å². The van der Waals surface area contributed by atoms with Gasteiger partial charge in [0.15, 0.2) is 0 Å². The molecule has 1 amide bonds. The highest BCUT2D eigenvalue weighted by molar-refractivity contribution is 7.93. The Hall–Kier alpha value is -3.82. The second kappa shape index (κ2) is 10.0. The molecule has 4 aromatic rings. The fourth-order valence-corrected chi connectivity index (χ4v) is 5.58. The fourth-order valence-electron chi connectivity index (χ4n) is 4.34. The van der Waals surface area contributed by atoms with Gasteiger partial charge in [-0.1, -0.05) is 36.4 Å². The minimum Gasteiger partial charge on any atom is -0.336 e. The lowest BCUT2D eigenvalue weighted by Gasteiger charge is -2.34. The molecule has 0 unspecified atom stereocenters. The van der Waals surface area contributed by atoms with Crippen molar-refractivity contribution in [1.82, 2.24) is 14.8 Å². The number of carbonyl (C=O) groups is 1. The molecule has 0 saturated carbocycles. The molecular formula is C27H25FN4O3S. The maximum absolute atomic E-state index is 13.9. The Morgan fingerprint density at radius 3 is 2.36 bits per heavy atom. The van der Waals surface area contributed by atoms with E-state index in [0.29, 0.717) is 55.1 Å². The molecule has 1 saturated heterocycles. The van der Waals surface area contributed by atoms with Crippen LogP contribution < -0.4 is 4.72 Å². The van der Waals surface area contributed by atoms with Crippen LogP contribution in [-0.2, 0) is 16.6 Å². The molecule has 2 heterocycles. The zero-order valence-corrected chi connectivity index (χ0v) is 20.3. The van der Waals surface area contributed by atoms with Crippen LogP contribution in [0.4, 0.5) is 10.1 Å². The third-order valence-corrected chi connectivity index (χ3v) is 7.69. The summed E-state index contributed by atoms with van der Waals surface area (Å²) in [6.07, 6.45) is 1.56. The number of pyridine rings is 1. The number of amides is 1. The predicted molar refractivity (Wildman–Crippen MR) is 137 cm³/mol. The second-order valence-corrected chi connectivity index (χ2v) is 10.3. The zero-order valence-electron chi connectivity index (χ0n) is 19.5. The van der Waals surface area contributed by atoms with Gasteiger partial charge in [0.25, 0.3) is 15.9 Å². The summed E-state index contributed by atoms with van der Waals surface area (Å²) in [4.78, 5) is 21.2. The lowest BCUT2D eigenvalue weighted by atomic mass is 10.1. The number of carbonyl (C=O) groups excluding carboxylic acids is 1. The maximum Gasteiger partial charge on any atom is 0.264 e. The molecule has 1 aliphatic heterocycles. The Bertz CT molecular complexity index is 1500. The van der Waals surface area contributed by atoms with Crippen molar-refractivity contribution >= 4 is 32.5 Å². The van der Waals surface area contributed by atoms with Gasteiger partial charge in [-0.3, -0.25) is 19.4 Å². The van der Waals surface area contributed by atoms with E-state index in [9.17, 15) is 17.6 Å². The van der Waals surface area contributed by atoms with Crippen molar-refractivity contribution in [2.45, 2.75) is 11.4 Å². The molecule has 1 aromatic heterocycles. The first-order chi connectivity index (χ1) is 17.4. The summed E-state index contributed by atoms with van der Waals surface area (Å²) in [5.41, 5.74) is 1.88. The summed E-state index contributed by atoms with van der Waals surface area (Å²) in [5.74, 6) is -0.336. The molecule has 0 atom stereocenters. The van der Waals surface area contributed by atoms with E-state index >= 15 is 0 Å². The fraction of sp³-hybridized carbons (Fsp3) is 0.185. The molecule has 0 radical (unpaired) electrons. The Kier molecular flexibility index (Phi) is 6.67. The summed E-state index contributed by atoms with van der Waals surface area (Å²) in [5, 5.41) is 0.732. The van der Waals surface area contributed by atoms with E-state index in [4.69, 9.17) is 0 Å². The number of nitrogens with zero attached hydrogens (tertiary/aromatic N) is 3. The Labute approximate surface area is 209 Å². The van der Waals surface area contributed by atoms with Crippen molar-refractivity contribution in [3.63, 3.8) is 0 Å². The molecule has 7 nitrogen and oxygen atoms in total. The molecule has 5 rings (SSSR count). The van der Waals surface area contributed by atoms with Crippen molar-refractivity contribution < 1.29 is 17.6 Å². The van der Waals surface area contributed by atoms with Gasteiger partial charge in [-0.25, -0.2) is 12.8 Å². The van der Waals surface area contributed by atoms with Crippen LogP contribution in [0, 0.1) is 5.82 Å². The van der Waals surface area contributed by atoms with Gasteiger partial charge in [-0.05, 0) is 42.5 Å². The third-order valence-electron chi connectivity index (χ3n) is 6.28. The van der Waals surface area contributed by atoms with Crippen molar-refractivity contribution in [2.24, 2.45) is 0 Å². The monoisotopic (exact) mass is 504 g/mol. The highest BCUT2D eigenvalue weighted by atomic mass is 32.2. The first kappa shape index (κ1) is 23.9. The molecule has 0 aliphatic carbocycles. The maximum atomic E-state index is 13.9. The average Bonchev–Trinajstić information content (AvgIpc) is 2.90. The van der Waals surface area contributed by atoms with E-state index in [-0.39, 0.29) is 16.6 Å². The normalized spacial score (nSPS) is 14.6. The summed E-state index contributed by atoms with van der Waals surface area (Å²) >= 11 is 0. The number of nitrogens with one attached hydrogen (secondary N) is 1. The number of sulfonamides is 1. The van der Waals surface area contributed by atoms with Crippen molar-refractivity contribution in [3.8, 4) is 0 Å². The number of anilines is 1. The largest absolute Gasteiger partial charge is 0.336 e. The summed E-state index contributed by atoms with van der Waals surface area (Å²) < 4.78 is 42.5. The Morgan fingerprint density at radius 2 is 1.61 bits per heavy atom. The molecule has 1 N–H and O–H groups in total. The second-order valence-electron chi connectivity index (χ2n) is 8.67. The van der Waals surface area contributed by atoms with E-state index in [1.54, 1.807) is 59.6 Å². The number of para-hydroxylation sites is 1. The number of halogens is 1. The first-order valence-electron chi connectivity index (χ1n) is 11.6. The third kappa shape index (κ3) is 5.07.